The average molecular weight is 354 g/mol. The highest BCUT2D eigenvalue weighted by Gasteiger charge is 2.26. The monoisotopic (exact) mass is 353 g/mol. The van der Waals surface area contributed by atoms with Crippen LogP contribution in [0.4, 0.5) is 0 Å². The maximum atomic E-state index is 12.1. The molecule has 1 aromatic heterocycles. The van der Waals surface area contributed by atoms with Gasteiger partial charge in [0.2, 0.25) is 10.0 Å². The number of halogens is 1. The van der Waals surface area contributed by atoms with Gasteiger partial charge in [-0.3, -0.25) is 0 Å². The minimum Gasteiger partial charge on any atom is -0.324 e. The fourth-order valence-electron chi connectivity index (χ4n) is 2.48. The second kappa shape index (κ2) is 7.39. The van der Waals surface area contributed by atoms with Crippen molar-refractivity contribution in [1.82, 2.24) is 9.62 Å². The molecule has 0 aliphatic carbocycles. The van der Waals surface area contributed by atoms with Crippen molar-refractivity contribution >= 4 is 33.8 Å². The third-order valence-corrected chi connectivity index (χ3v) is 6.22. The predicted octanol–water partition coefficient (Wildman–Crippen LogP) is 1.65. The molecule has 21 heavy (non-hydrogen) atoms. The molecule has 0 saturated carbocycles. The fraction of sp³-hybridized carbons (Fsp3) is 0.692. The van der Waals surface area contributed by atoms with E-state index >= 15 is 0 Å². The maximum absolute atomic E-state index is 12.1. The van der Waals surface area contributed by atoms with Gasteiger partial charge in [0.1, 0.15) is 4.21 Å². The van der Waals surface area contributed by atoms with Crippen LogP contribution in [-0.4, -0.2) is 44.5 Å². The number of piperidine rings is 1. The first-order valence-electron chi connectivity index (χ1n) is 6.83. The lowest BCUT2D eigenvalue weighted by molar-refractivity contribution is 0.176. The van der Waals surface area contributed by atoms with Crippen LogP contribution in [0.2, 0.25) is 0 Å². The molecule has 1 aromatic rings. The van der Waals surface area contributed by atoms with Crippen LogP contribution in [0, 0.1) is 0 Å². The minimum absolute atomic E-state index is 0. The van der Waals surface area contributed by atoms with Gasteiger partial charge in [0.25, 0.3) is 0 Å². The van der Waals surface area contributed by atoms with Gasteiger partial charge in [-0.1, -0.05) is 6.07 Å². The van der Waals surface area contributed by atoms with E-state index < -0.39 is 10.0 Å². The average Bonchev–Trinajstić information content (AvgIpc) is 2.84. The number of nitrogens with zero attached hydrogens (tertiary/aromatic N) is 1. The van der Waals surface area contributed by atoms with Crippen molar-refractivity contribution in [3.05, 3.63) is 17.5 Å². The Morgan fingerprint density at radius 3 is 2.52 bits per heavy atom. The van der Waals surface area contributed by atoms with E-state index in [4.69, 9.17) is 5.73 Å². The fourth-order valence-corrected chi connectivity index (χ4v) is 4.79. The van der Waals surface area contributed by atoms with Crippen LogP contribution < -0.4 is 10.5 Å². The van der Waals surface area contributed by atoms with Crippen LogP contribution >= 0.6 is 23.7 Å². The maximum Gasteiger partial charge on any atom is 0.250 e. The summed E-state index contributed by atoms with van der Waals surface area (Å²) in [6.45, 7) is 6.64. The zero-order valence-corrected chi connectivity index (χ0v) is 14.9. The van der Waals surface area contributed by atoms with Gasteiger partial charge in [0, 0.05) is 18.1 Å². The van der Waals surface area contributed by atoms with Gasteiger partial charge in [0.15, 0.2) is 0 Å². The van der Waals surface area contributed by atoms with Gasteiger partial charge in [0.05, 0.1) is 0 Å². The van der Waals surface area contributed by atoms with E-state index in [1.807, 2.05) is 13.8 Å². The van der Waals surface area contributed by atoms with Crippen LogP contribution in [0.25, 0.3) is 0 Å². The normalized spacial score (nSPS) is 18.4. The Morgan fingerprint density at radius 2 is 2.05 bits per heavy atom. The summed E-state index contributed by atoms with van der Waals surface area (Å²) in [6.07, 6.45) is 1.67. The number of hydrogen-bond acceptors (Lipinski definition) is 5. The second-order valence-corrected chi connectivity index (χ2v) is 8.98. The van der Waals surface area contributed by atoms with Crippen molar-refractivity contribution in [2.45, 2.75) is 42.5 Å². The Bertz CT molecular complexity index is 518. The highest BCUT2D eigenvalue weighted by molar-refractivity contribution is 7.91. The number of nitrogens with one attached hydrogen (secondary N) is 1. The first-order chi connectivity index (χ1) is 9.26. The largest absolute Gasteiger partial charge is 0.324 e. The Balaban J connectivity index is 0.00000220. The minimum atomic E-state index is -3.34. The molecule has 0 unspecified atom stereocenters. The van der Waals surface area contributed by atoms with Gasteiger partial charge in [-0.25, -0.2) is 13.1 Å². The van der Waals surface area contributed by atoms with Gasteiger partial charge in [-0.15, -0.1) is 23.7 Å². The number of hydrogen-bond donors (Lipinski definition) is 2. The molecule has 1 aliphatic heterocycles. The molecule has 2 heterocycles. The summed E-state index contributed by atoms with van der Waals surface area (Å²) in [5.74, 6) is 0. The lowest BCUT2D eigenvalue weighted by atomic mass is 10.0. The molecule has 0 radical (unpaired) electrons. The smallest absolute Gasteiger partial charge is 0.250 e. The molecule has 1 saturated heterocycles. The summed E-state index contributed by atoms with van der Waals surface area (Å²) >= 11 is 1.25. The summed E-state index contributed by atoms with van der Waals surface area (Å²) < 4.78 is 27.5. The van der Waals surface area contributed by atoms with Gasteiger partial charge < -0.3 is 10.6 Å². The predicted molar refractivity (Wildman–Crippen MR) is 89.6 cm³/mol. The molecule has 2 rings (SSSR count). The molecule has 1 fully saturated rings. The van der Waals surface area contributed by atoms with E-state index in [9.17, 15) is 8.42 Å². The molecule has 0 amide bonds. The lowest BCUT2D eigenvalue weighted by Crippen LogP contribution is -2.50. The van der Waals surface area contributed by atoms with E-state index in [1.54, 1.807) is 17.5 Å². The molecule has 0 bridgehead atoms. The molecule has 5 nitrogen and oxygen atoms in total. The van der Waals surface area contributed by atoms with Crippen molar-refractivity contribution in [3.8, 4) is 0 Å². The van der Waals surface area contributed by atoms with Crippen molar-refractivity contribution in [1.29, 1.82) is 0 Å². The summed E-state index contributed by atoms with van der Waals surface area (Å²) in [5, 5.41) is 1.78. The van der Waals surface area contributed by atoms with Crippen molar-refractivity contribution in [2.24, 2.45) is 5.73 Å². The van der Waals surface area contributed by atoms with Crippen molar-refractivity contribution in [2.75, 3.05) is 19.6 Å². The SMILES string of the molecule is CC(C)(N)CN1CCC(NS(=O)(=O)c2cccs2)CC1.Cl. The van der Waals surface area contributed by atoms with Crippen LogP contribution in [0.15, 0.2) is 21.7 Å². The van der Waals surface area contributed by atoms with Gasteiger partial charge >= 0.3 is 0 Å². The second-order valence-electron chi connectivity index (χ2n) is 6.09. The van der Waals surface area contributed by atoms with Crippen molar-refractivity contribution in [3.63, 3.8) is 0 Å². The Hall–Kier alpha value is -0.180. The lowest BCUT2D eigenvalue weighted by Gasteiger charge is -2.35. The standard InChI is InChI=1S/C13H23N3O2S2.ClH/c1-13(2,14)10-16-7-5-11(6-8-16)15-20(17,18)12-4-3-9-19-12;/h3-4,9,11,15H,5-8,10,14H2,1-2H3;1H. The highest BCUT2D eigenvalue weighted by atomic mass is 35.5. The van der Waals surface area contributed by atoms with Crippen LogP contribution in [0.3, 0.4) is 0 Å². The Morgan fingerprint density at radius 1 is 1.43 bits per heavy atom. The molecule has 0 atom stereocenters. The van der Waals surface area contributed by atoms with Crippen LogP contribution in [-0.2, 0) is 10.0 Å². The highest BCUT2D eigenvalue weighted by Crippen LogP contribution is 2.19. The first-order valence-corrected chi connectivity index (χ1v) is 9.20. The topological polar surface area (TPSA) is 75.4 Å². The van der Waals surface area contributed by atoms with E-state index in [0.29, 0.717) is 4.21 Å². The summed E-state index contributed by atoms with van der Waals surface area (Å²) in [6, 6.07) is 3.42. The number of nitrogens with two attached hydrogens (primary N) is 1. The Labute approximate surface area is 137 Å². The van der Waals surface area contributed by atoms with Crippen molar-refractivity contribution < 1.29 is 8.42 Å². The first kappa shape index (κ1) is 18.9. The molecule has 0 aromatic carbocycles. The zero-order valence-electron chi connectivity index (χ0n) is 12.4. The van der Waals surface area contributed by atoms with E-state index in [0.717, 1.165) is 32.5 Å². The number of thiophene rings is 1. The molecule has 8 heteroatoms. The number of likely N-dealkylation sites (tertiary alicyclic amines) is 1. The quantitative estimate of drug-likeness (QED) is 0.844. The Kier molecular flexibility index (Phi) is 6.64. The van der Waals surface area contributed by atoms with E-state index in [-0.39, 0.29) is 24.0 Å². The number of rotatable bonds is 5. The van der Waals surface area contributed by atoms with Crippen LogP contribution in [0.5, 0.6) is 0 Å². The van der Waals surface area contributed by atoms with Crippen LogP contribution in [0.1, 0.15) is 26.7 Å². The van der Waals surface area contributed by atoms with E-state index in [1.165, 1.54) is 11.3 Å². The van der Waals surface area contributed by atoms with E-state index in [2.05, 4.69) is 9.62 Å². The molecule has 1 aliphatic rings. The molecular formula is C13H24ClN3O2S2. The van der Waals surface area contributed by atoms with Gasteiger partial charge in [-0.2, -0.15) is 0 Å². The third kappa shape index (κ3) is 5.84. The third-order valence-electron chi connectivity index (χ3n) is 3.30. The molecule has 122 valence electrons. The molecule has 3 N–H and O–H groups in total. The summed E-state index contributed by atoms with van der Waals surface area (Å²) in [7, 11) is -3.34. The number of sulfonamides is 1. The molecule has 0 spiro atoms. The summed E-state index contributed by atoms with van der Waals surface area (Å²) in [4.78, 5) is 2.30. The summed E-state index contributed by atoms with van der Waals surface area (Å²) in [5.41, 5.74) is 5.81. The van der Waals surface area contributed by atoms with Gasteiger partial charge in [-0.05, 0) is 51.2 Å². The zero-order chi connectivity index (χ0) is 14.8. The molecular weight excluding hydrogens is 330 g/mol.